The van der Waals surface area contributed by atoms with Crippen LogP contribution in [0.25, 0.3) is 12.2 Å². The van der Waals surface area contributed by atoms with E-state index in [1.165, 1.54) is 30.3 Å². The molecule has 0 saturated carbocycles. The number of aromatic carboxylic acids is 1. The number of anilines is 2. The first-order chi connectivity index (χ1) is 16.7. The van der Waals surface area contributed by atoms with Crippen LogP contribution in [0.4, 0.5) is 15.8 Å². The number of carboxylic acids is 1. The lowest BCUT2D eigenvalue weighted by Crippen LogP contribution is -2.28. The van der Waals surface area contributed by atoms with Gasteiger partial charge in [-0.05, 0) is 61.4 Å². The van der Waals surface area contributed by atoms with E-state index < -0.39 is 11.9 Å². The van der Waals surface area contributed by atoms with E-state index in [0.717, 1.165) is 16.1 Å². The zero-order chi connectivity index (χ0) is 25.1. The molecule has 0 aliphatic carbocycles. The van der Waals surface area contributed by atoms with Crippen molar-refractivity contribution in [1.29, 1.82) is 0 Å². The summed E-state index contributed by atoms with van der Waals surface area (Å²) in [6, 6.07) is 15.3. The molecule has 0 radical (unpaired) electrons. The molecular formula is C26H21FN4O4. The Morgan fingerprint density at radius 2 is 1.80 bits per heavy atom. The molecule has 8 nitrogen and oxygen atoms in total. The Bertz CT molecular complexity index is 1430. The first-order valence-corrected chi connectivity index (χ1v) is 10.6. The van der Waals surface area contributed by atoms with Crippen LogP contribution < -0.4 is 10.4 Å². The molecule has 9 heteroatoms. The number of para-hydroxylation sites is 1. The fourth-order valence-corrected chi connectivity index (χ4v) is 3.48. The lowest BCUT2D eigenvalue weighted by atomic mass is 10.1. The van der Waals surface area contributed by atoms with Crippen LogP contribution in [-0.2, 0) is 4.79 Å². The van der Waals surface area contributed by atoms with Crippen LogP contribution in [0.3, 0.4) is 0 Å². The van der Waals surface area contributed by atoms with E-state index in [4.69, 9.17) is 0 Å². The monoisotopic (exact) mass is 472 g/mol. The van der Waals surface area contributed by atoms with Gasteiger partial charge in [0.2, 0.25) is 0 Å². The number of carboxylic acid groups (broad SMARTS) is 1. The molecule has 1 aliphatic heterocycles. The second-order valence-electron chi connectivity index (χ2n) is 7.81. The number of nitrogens with zero attached hydrogens (tertiary/aromatic N) is 3. The minimum Gasteiger partial charge on any atom is -0.505 e. The van der Waals surface area contributed by atoms with Crippen molar-refractivity contribution in [3.63, 3.8) is 0 Å². The first kappa shape index (κ1) is 23.4. The Labute approximate surface area is 200 Å². The number of aromatic hydroxyl groups is 1. The zero-order valence-corrected chi connectivity index (χ0v) is 18.9. The third-order valence-corrected chi connectivity index (χ3v) is 5.36. The van der Waals surface area contributed by atoms with Gasteiger partial charge in [0.15, 0.2) is 5.71 Å². The quantitative estimate of drug-likeness (QED) is 0.268. The second kappa shape index (κ2) is 9.60. The topological polar surface area (TPSA) is 115 Å². The van der Waals surface area contributed by atoms with Crippen LogP contribution in [0.1, 0.15) is 34.0 Å². The number of aryl methyl sites for hydroxylation is 1. The van der Waals surface area contributed by atoms with Gasteiger partial charge in [-0.1, -0.05) is 36.4 Å². The van der Waals surface area contributed by atoms with Crippen molar-refractivity contribution in [2.75, 3.05) is 10.4 Å². The summed E-state index contributed by atoms with van der Waals surface area (Å²) in [5.74, 6) is -2.06. The van der Waals surface area contributed by atoms with Crippen LogP contribution in [0.5, 0.6) is 5.75 Å². The van der Waals surface area contributed by atoms with E-state index in [0.29, 0.717) is 17.0 Å². The van der Waals surface area contributed by atoms with E-state index in [1.807, 2.05) is 0 Å². The molecule has 3 aromatic rings. The molecule has 3 aromatic carbocycles. The van der Waals surface area contributed by atoms with E-state index in [9.17, 15) is 24.2 Å². The fourth-order valence-electron chi connectivity index (χ4n) is 3.48. The molecule has 0 aromatic heterocycles. The van der Waals surface area contributed by atoms with Crippen molar-refractivity contribution in [1.82, 2.24) is 0 Å². The summed E-state index contributed by atoms with van der Waals surface area (Å²) in [5.41, 5.74) is 5.70. The highest BCUT2D eigenvalue weighted by Crippen LogP contribution is 2.30. The van der Waals surface area contributed by atoms with Gasteiger partial charge in [0.1, 0.15) is 11.6 Å². The normalized spacial score (nSPS) is 14.6. The first-order valence-electron chi connectivity index (χ1n) is 10.6. The van der Waals surface area contributed by atoms with Crippen LogP contribution in [0.2, 0.25) is 0 Å². The molecule has 176 valence electrons. The Balaban J connectivity index is 1.55. The van der Waals surface area contributed by atoms with Crippen molar-refractivity contribution < 1.29 is 24.2 Å². The van der Waals surface area contributed by atoms with Gasteiger partial charge in [0, 0.05) is 5.56 Å². The molecule has 35 heavy (non-hydrogen) atoms. The number of carbonyl (C=O) groups is 2. The van der Waals surface area contributed by atoms with Gasteiger partial charge < -0.3 is 10.2 Å². The standard InChI is InChI=1S/C26H21FN4O4/c1-15-13-20(27)12-11-17(15)9-10-18-5-4-8-22(24(18)32)28-29-23-16(2)30-31(25(23)33)21-7-3-6-19(14-21)26(34)35/h3-14,28,32H,1-2H3,(H,34,35)/b10-9+,29-23-. The van der Waals surface area contributed by atoms with Crippen molar-refractivity contribution >= 4 is 46.8 Å². The van der Waals surface area contributed by atoms with Crippen molar-refractivity contribution in [2.24, 2.45) is 10.2 Å². The van der Waals surface area contributed by atoms with Gasteiger partial charge in [0.25, 0.3) is 0 Å². The number of rotatable bonds is 6. The summed E-state index contributed by atoms with van der Waals surface area (Å²) < 4.78 is 13.3. The average molecular weight is 472 g/mol. The van der Waals surface area contributed by atoms with Crippen LogP contribution in [0, 0.1) is 12.7 Å². The molecule has 1 aliphatic rings. The number of hydrogen-bond donors (Lipinski definition) is 3. The predicted molar refractivity (Wildman–Crippen MR) is 133 cm³/mol. The van der Waals surface area contributed by atoms with Gasteiger partial charge in [-0.25, -0.2) is 9.18 Å². The van der Waals surface area contributed by atoms with Gasteiger partial charge in [-0.2, -0.15) is 15.2 Å². The van der Waals surface area contributed by atoms with Gasteiger partial charge in [-0.15, -0.1) is 0 Å². The predicted octanol–water partition coefficient (Wildman–Crippen LogP) is 4.90. The van der Waals surface area contributed by atoms with Crippen molar-refractivity contribution in [3.8, 4) is 5.75 Å². The summed E-state index contributed by atoms with van der Waals surface area (Å²) in [5, 5.41) is 29.3. The number of phenols is 1. The molecule has 0 fully saturated rings. The molecule has 0 atom stereocenters. The molecule has 0 unspecified atom stereocenters. The lowest BCUT2D eigenvalue weighted by Gasteiger charge is -2.12. The Morgan fingerprint density at radius 1 is 1.06 bits per heavy atom. The molecule has 0 saturated heterocycles. The summed E-state index contributed by atoms with van der Waals surface area (Å²) in [6.45, 7) is 3.39. The SMILES string of the molecule is CC1=NN(c2cccc(C(=O)O)c2)C(=O)/C1=N\Nc1cccc(/C=C/c2ccc(F)cc2C)c1O. The molecule has 3 N–H and O–H groups in total. The Morgan fingerprint density at radius 3 is 2.54 bits per heavy atom. The van der Waals surface area contributed by atoms with E-state index >= 15 is 0 Å². The molecule has 4 rings (SSSR count). The van der Waals surface area contributed by atoms with Crippen molar-refractivity contribution in [2.45, 2.75) is 13.8 Å². The lowest BCUT2D eigenvalue weighted by molar-refractivity contribution is -0.112. The maximum atomic E-state index is 13.3. The number of halogens is 1. The van der Waals surface area contributed by atoms with Crippen LogP contribution in [-0.4, -0.2) is 33.5 Å². The average Bonchev–Trinajstić information content (AvgIpc) is 3.12. The smallest absolute Gasteiger partial charge is 0.335 e. The molecule has 1 heterocycles. The number of amides is 1. The summed E-state index contributed by atoms with van der Waals surface area (Å²) in [7, 11) is 0. The van der Waals surface area contributed by atoms with E-state index in [1.54, 1.807) is 56.3 Å². The van der Waals surface area contributed by atoms with Gasteiger partial charge in [-0.3, -0.25) is 10.2 Å². The molecule has 1 amide bonds. The number of benzene rings is 3. The van der Waals surface area contributed by atoms with E-state index in [-0.39, 0.29) is 28.5 Å². The summed E-state index contributed by atoms with van der Waals surface area (Å²) >= 11 is 0. The second-order valence-corrected chi connectivity index (χ2v) is 7.81. The number of hydrogen-bond acceptors (Lipinski definition) is 6. The number of hydrazone groups is 2. The highest BCUT2D eigenvalue weighted by atomic mass is 19.1. The summed E-state index contributed by atoms with van der Waals surface area (Å²) in [6.07, 6.45) is 3.46. The van der Waals surface area contributed by atoms with Crippen LogP contribution >= 0.6 is 0 Å². The van der Waals surface area contributed by atoms with E-state index in [2.05, 4.69) is 15.6 Å². The highest BCUT2D eigenvalue weighted by molar-refractivity contribution is 6.71. The fraction of sp³-hybridized carbons (Fsp3) is 0.0769. The third kappa shape index (κ3) is 4.93. The maximum absolute atomic E-state index is 13.3. The van der Waals surface area contributed by atoms with Crippen LogP contribution in [0.15, 0.2) is 70.9 Å². The zero-order valence-electron chi connectivity index (χ0n) is 18.9. The summed E-state index contributed by atoms with van der Waals surface area (Å²) in [4.78, 5) is 24.1. The highest BCUT2D eigenvalue weighted by Gasteiger charge is 2.31. The third-order valence-electron chi connectivity index (χ3n) is 5.36. The largest absolute Gasteiger partial charge is 0.505 e. The minimum atomic E-state index is -1.12. The van der Waals surface area contributed by atoms with Crippen molar-refractivity contribution in [3.05, 3.63) is 88.7 Å². The molecule has 0 bridgehead atoms. The minimum absolute atomic E-state index is 0.0213. The Hall–Kier alpha value is -4.79. The number of carbonyl (C=O) groups excluding carboxylic acids is 1. The van der Waals surface area contributed by atoms with Gasteiger partial charge in [0.05, 0.1) is 22.6 Å². The maximum Gasteiger partial charge on any atom is 0.335 e. The van der Waals surface area contributed by atoms with Gasteiger partial charge >= 0.3 is 11.9 Å². The molecule has 0 spiro atoms. The molecular weight excluding hydrogens is 451 g/mol. The Kier molecular flexibility index (Phi) is 6.41. The number of phenolic OH excluding ortho intramolecular Hbond substituents is 1. The number of nitrogens with one attached hydrogen (secondary N) is 1.